The van der Waals surface area contributed by atoms with Gasteiger partial charge in [-0.1, -0.05) is 11.6 Å². The summed E-state index contributed by atoms with van der Waals surface area (Å²) in [6, 6.07) is 3.91. The first-order chi connectivity index (χ1) is 15.0. The largest absolute Gasteiger partial charge is 0.486 e. The summed E-state index contributed by atoms with van der Waals surface area (Å²) in [4.78, 5) is 9.31. The van der Waals surface area contributed by atoms with E-state index in [-0.39, 0.29) is 28.7 Å². The summed E-state index contributed by atoms with van der Waals surface area (Å²) in [6.07, 6.45) is -3.72. The van der Waals surface area contributed by atoms with E-state index in [2.05, 4.69) is 4.37 Å². The molecule has 3 nitrogen and oxygen atoms in total. The van der Waals surface area contributed by atoms with Crippen LogP contribution in [0.15, 0.2) is 24.3 Å². The van der Waals surface area contributed by atoms with Gasteiger partial charge >= 0.3 is 6.18 Å². The molecule has 32 heavy (non-hydrogen) atoms. The van der Waals surface area contributed by atoms with E-state index >= 15 is 0 Å². The summed E-state index contributed by atoms with van der Waals surface area (Å²) in [6.45, 7) is 0.788. The fraction of sp³-hybridized carbons (Fsp3) is 0.238. The number of ether oxygens (including phenoxy) is 1. The van der Waals surface area contributed by atoms with Gasteiger partial charge in [0.25, 0.3) is 0 Å². The zero-order valence-corrected chi connectivity index (χ0v) is 17.9. The van der Waals surface area contributed by atoms with E-state index in [0.717, 1.165) is 18.2 Å². The van der Waals surface area contributed by atoms with Crippen LogP contribution in [0.3, 0.4) is 0 Å². The summed E-state index contributed by atoms with van der Waals surface area (Å²) >= 11 is 5.59. The second-order valence-electron chi connectivity index (χ2n) is 6.78. The maximum absolute atomic E-state index is 14.4. The molecule has 0 radical (unpaired) electrons. The Balaban J connectivity index is 2.01. The van der Waals surface area contributed by atoms with Crippen LogP contribution in [0.25, 0.3) is 11.3 Å². The fourth-order valence-electron chi connectivity index (χ4n) is 3.07. The standard InChI is InChI=1S/C21H14ClF6NO2S/c1-10-5-17(14(23)6-11(10)3-2-4-30)31-9-13-19(29-32-20(13)21(26,27)28)18-15(24)7-12(22)8-16(18)25/h4-8H,2-3,9H2,1H3. The van der Waals surface area contributed by atoms with Crippen LogP contribution < -0.4 is 4.74 Å². The molecule has 3 rings (SSSR count). The molecule has 0 fully saturated rings. The van der Waals surface area contributed by atoms with Crippen molar-refractivity contribution in [3.05, 3.63) is 68.3 Å². The van der Waals surface area contributed by atoms with Crippen molar-refractivity contribution < 1.29 is 35.9 Å². The first-order valence-electron chi connectivity index (χ1n) is 9.09. The number of alkyl halides is 3. The lowest BCUT2D eigenvalue weighted by molar-refractivity contribution is -0.135. The summed E-state index contributed by atoms with van der Waals surface area (Å²) in [5, 5.41) is -0.278. The molecular formula is C21H14ClF6NO2S. The highest BCUT2D eigenvalue weighted by molar-refractivity contribution is 7.06. The highest BCUT2D eigenvalue weighted by atomic mass is 35.5. The van der Waals surface area contributed by atoms with E-state index < -0.39 is 51.9 Å². The van der Waals surface area contributed by atoms with E-state index in [1.807, 2.05) is 0 Å². The zero-order chi connectivity index (χ0) is 23.6. The Kier molecular flexibility index (Phi) is 7.14. The van der Waals surface area contributed by atoms with Gasteiger partial charge in [-0.3, -0.25) is 0 Å². The van der Waals surface area contributed by atoms with E-state index in [0.29, 0.717) is 23.8 Å². The lowest BCUT2D eigenvalue weighted by atomic mass is 10.0. The summed E-state index contributed by atoms with van der Waals surface area (Å²) in [5.41, 5.74) is -0.919. The monoisotopic (exact) mass is 493 g/mol. The van der Waals surface area contributed by atoms with Gasteiger partial charge in [-0.05, 0) is 60.3 Å². The van der Waals surface area contributed by atoms with E-state index in [1.54, 1.807) is 6.92 Å². The van der Waals surface area contributed by atoms with Gasteiger partial charge in [0, 0.05) is 17.0 Å². The van der Waals surface area contributed by atoms with Gasteiger partial charge in [0.2, 0.25) is 0 Å². The third kappa shape index (κ3) is 5.07. The quantitative estimate of drug-likeness (QED) is 0.265. The molecule has 0 bridgehead atoms. The molecule has 1 heterocycles. The molecule has 0 aliphatic carbocycles. The molecule has 1 aromatic heterocycles. The van der Waals surface area contributed by atoms with Gasteiger partial charge in [-0.2, -0.15) is 17.5 Å². The molecule has 2 aromatic carbocycles. The number of benzene rings is 2. The minimum Gasteiger partial charge on any atom is -0.486 e. The van der Waals surface area contributed by atoms with Crippen LogP contribution in [0.5, 0.6) is 5.75 Å². The molecule has 0 unspecified atom stereocenters. The highest BCUT2D eigenvalue weighted by Gasteiger charge is 2.39. The van der Waals surface area contributed by atoms with Crippen molar-refractivity contribution in [3.63, 3.8) is 0 Å². The number of hydrogen-bond donors (Lipinski definition) is 0. The Morgan fingerprint density at radius 2 is 1.75 bits per heavy atom. The smallest absolute Gasteiger partial charge is 0.427 e. The van der Waals surface area contributed by atoms with Crippen molar-refractivity contribution in [2.45, 2.75) is 32.5 Å². The summed E-state index contributed by atoms with van der Waals surface area (Å²) in [5.74, 6) is -3.59. The van der Waals surface area contributed by atoms with E-state index in [1.165, 1.54) is 6.07 Å². The molecule has 3 aromatic rings. The molecule has 0 saturated heterocycles. The van der Waals surface area contributed by atoms with Crippen LogP contribution in [0.2, 0.25) is 5.02 Å². The van der Waals surface area contributed by atoms with Crippen molar-refractivity contribution in [1.82, 2.24) is 4.37 Å². The molecule has 0 spiro atoms. The van der Waals surface area contributed by atoms with Crippen molar-refractivity contribution >= 4 is 29.4 Å². The maximum Gasteiger partial charge on any atom is 0.427 e. The Morgan fingerprint density at radius 1 is 1.09 bits per heavy atom. The molecule has 170 valence electrons. The lowest BCUT2D eigenvalue weighted by Gasteiger charge is -2.14. The predicted molar refractivity (Wildman–Crippen MR) is 107 cm³/mol. The number of rotatable bonds is 7. The number of hydrogen-bond acceptors (Lipinski definition) is 4. The lowest BCUT2D eigenvalue weighted by Crippen LogP contribution is -2.09. The first kappa shape index (κ1) is 24.1. The summed E-state index contributed by atoms with van der Waals surface area (Å²) < 4.78 is 92.4. The fourth-order valence-corrected chi connectivity index (χ4v) is 4.02. The minimum atomic E-state index is -4.87. The van der Waals surface area contributed by atoms with E-state index in [9.17, 15) is 31.1 Å². The van der Waals surface area contributed by atoms with Crippen LogP contribution in [0.4, 0.5) is 26.3 Å². The number of carbonyl (C=O) groups is 1. The third-order valence-corrected chi connectivity index (χ3v) is 5.74. The molecule has 0 amide bonds. The zero-order valence-electron chi connectivity index (χ0n) is 16.3. The second kappa shape index (κ2) is 9.50. The van der Waals surface area contributed by atoms with Gasteiger partial charge in [-0.15, -0.1) is 0 Å². The Labute approximate surface area is 187 Å². The molecule has 11 heteroatoms. The predicted octanol–water partition coefficient (Wildman–Crippen LogP) is 6.92. The van der Waals surface area contributed by atoms with Gasteiger partial charge in [0.05, 0.1) is 11.3 Å². The number of halogens is 7. The van der Waals surface area contributed by atoms with Gasteiger partial charge in [0.15, 0.2) is 11.6 Å². The Bertz CT molecular complexity index is 1140. The number of aryl methyl sites for hydroxylation is 2. The van der Waals surface area contributed by atoms with Crippen LogP contribution >= 0.6 is 23.1 Å². The van der Waals surface area contributed by atoms with Gasteiger partial charge < -0.3 is 9.53 Å². The van der Waals surface area contributed by atoms with Crippen LogP contribution in [0, 0.1) is 24.4 Å². The maximum atomic E-state index is 14.4. The summed E-state index contributed by atoms with van der Waals surface area (Å²) in [7, 11) is 0. The molecule has 0 atom stereocenters. The highest BCUT2D eigenvalue weighted by Crippen LogP contribution is 2.42. The molecular weight excluding hydrogens is 480 g/mol. The van der Waals surface area contributed by atoms with Crippen molar-refractivity contribution in [2.24, 2.45) is 0 Å². The minimum absolute atomic E-state index is 0.00545. The molecule has 0 aliphatic rings. The third-order valence-electron chi connectivity index (χ3n) is 4.58. The number of carbonyl (C=O) groups excluding carboxylic acids is 1. The average molecular weight is 494 g/mol. The Hall–Kier alpha value is -2.59. The molecule has 0 saturated carbocycles. The Morgan fingerprint density at radius 3 is 2.34 bits per heavy atom. The topological polar surface area (TPSA) is 39.2 Å². The number of aromatic nitrogens is 1. The van der Waals surface area contributed by atoms with Crippen LogP contribution in [-0.4, -0.2) is 10.7 Å². The normalized spacial score (nSPS) is 11.6. The molecule has 0 aliphatic heterocycles. The van der Waals surface area contributed by atoms with Gasteiger partial charge in [-0.25, -0.2) is 13.2 Å². The van der Waals surface area contributed by atoms with Gasteiger partial charge in [0.1, 0.15) is 29.4 Å². The average Bonchev–Trinajstić information content (AvgIpc) is 3.10. The van der Waals surface area contributed by atoms with Crippen molar-refractivity contribution in [2.75, 3.05) is 0 Å². The molecule has 0 N–H and O–H groups in total. The second-order valence-corrected chi connectivity index (χ2v) is 7.99. The SMILES string of the molecule is Cc1cc(OCc2c(-c3c(F)cc(Cl)cc3F)nsc2C(F)(F)F)c(F)cc1CCC=O. The number of aldehydes is 1. The first-order valence-corrected chi connectivity index (χ1v) is 10.2. The van der Waals surface area contributed by atoms with Crippen LogP contribution in [0.1, 0.15) is 28.0 Å². The van der Waals surface area contributed by atoms with E-state index in [4.69, 9.17) is 16.3 Å². The number of nitrogens with zero attached hydrogens (tertiary/aromatic N) is 1. The van der Waals surface area contributed by atoms with Crippen LogP contribution in [-0.2, 0) is 24.0 Å². The van der Waals surface area contributed by atoms with Crippen molar-refractivity contribution in [1.29, 1.82) is 0 Å². The van der Waals surface area contributed by atoms with Crippen molar-refractivity contribution in [3.8, 4) is 17.0 Å².